The maximum atomic E-state index is 13.9. The number of rotatable bonds is 12. The predicted octanol–water partition coefficient (Wildman–Crippen LogP) is 2.03. The van der Waals surface area contributed by atoms with Gasteiger partial charge in [0.15, 0.2) is 0 Å². The van der Waals surface area contributed by atoms with Crippen LogP contribution in [-0.4, -0.2) is 95.1 Å². The first-order valence-electron chi connectivity index (χ1n) is 16.0. The maximum Gasteiger partial charge on any atom is 0.315 e. The minimum Gasteiger partial charge on any atom is -0.347 e. The van der Waals surface area contributed by atoms with Gasteiger partial charge in [0.05, 0.1) is 12.1 Å². The van der Waals surface area contributed by atoms with Crippen LogP contribution in [0.15, 0.2) is 12.2 Å². The lowest BCUT2D eigenvalue weighted by Crippen LogP contribution is -2.62. The fourth-order valence-corrected chi connectivity index (χ4v) is 5.39. The number of nitrogens with zero attached hydrogens (tertiary/aromatic N) is 2. The first-order valence-corrected chi connectivity index (χ1v) is 16.0. The highest BCUT2D eigenvalue weighted by molar-refractivity contribution is 6.38. The van der Waals surface area contributed by atoms with Crippen molar-refractivity contribution in [3.63, 3.8) is 0 Å². The molecule has 0 bridgehead atoms. The molecule has 1 saturated carbocycles. The van der Waals surface area contributed by atoms with Crippen LogP contribution in [-0.2, 0) is 24.0 Å². The molecule has 4 atom stereocenters. The lowest BCUT2D eigenvalue weighted by Gasteiger charge is -2.39. The Kier molecular flexibility index (Phi) is 11.6. The van der Waals surface area contributed by atoms with Crippen molar-refractivity contribution in [1.82, 2.24) is 31.1 Å². The Morgan fingerprint density at radius 1 is 0.955 bits per heavy atom. The monoisotopic (exact) mass is 616 g/mol. The number of carbonyl (C=O) groups is 6. The zero-order valence-electron chi connectivity index (χ0n) is 27.5. The molecule has 12 heteroatoms. The molecule has 1 unspecified atom stereocenters. The molecule has 2 aliphatic heterocycles. The average Bonchev–Trinajstić information content (AvgIpc) is 3.60. The third kappa shape index (κ3) is 9.53. The summed E-state index contributed by atoms with van der Waals surface area (Å²) in [6.07, 6.45) is 8.13. The number of carbonyl (C=O) groups excluding carboxylic acids is 6. The number of Topliss-reactive ketones (excluding diaryl/α,β-unsaturated/α-hetero) is 1. The summed E-state index contributed by atoms with van der Waals surface area (Å²) in [5, 5.41) is 11.2. The number of likely N-dealkylation sites (tertiary alicyclic amines) is 1. The SMILES string of the molecule is CCCC(NC(=O)[C@@H]1C=CCN1C(=O)[C@@H](NC(=O)N[C@H](CN1CCCCC1=O)C(C)(C)C)C(C)(C)C)C(=O)C(=O)NC1CC1. The van der Waals surface area contributed by atoms with Crippen molar-refractivity contribution in [2.24, 2.45) is 10.8 Å². The molecule has 12 nitrogen and oxygen atoms in total. The van der Waals surface area contributed by atoms with Gasteiger partial charge >= 0.3 is 6.03 Å². The average molecular weight is 617 g/mol. The van der Waals surface area contributed by atoms with Crippen molar-refractivity contribution in [3.8, 4) is 0 Å². The molecule has 3 aliphatic rings. The van der Waals surface area contributed by atoms with Gasteiger partial charge in [-0.25, -0.2) is 4.79 Å². The third-order valence-corrected chi connectivity index (χ3v) is 8.42. The number of hydrogen-bond acceptors (Lipinski definition) is 6. The van der Waals surface area contributed by atoms with Crippen LogP contribution in [0.2, 0.25) is 0 Å². The summed E-state index contributed by atoms with van der Waals surface area (Å²) in [6, 6.07) is -3.86. The molecule has 2 heterocycles. The van der Waals surface area contributed by atoms with Crippen LogP contribution in [0.1, 0.15) is 93.4 Å². The summed E-state index contributed by atoms with van der Waals surface area (Å²) in [4.78, 5) is 81.6. The lowest BCUT2D eigenvalue weighted by molar-refractivity contribution is -0.143. The van der Waals surface area contributed by atoms with E-state index >= 15 is 0 Å². The smallest absolute Gasteiger partial charge is 0.315 e. The number of ketones is 1. The van der Waals surface area contributed by atoms with Crippen molar-refractivity contribution >= 4 is 35.4 Å². The van der Waals surface area contributed by atoms with Gasteiger partial charge < -0.3 is 31.1 Å². The molecule has 0 radical (unpaired) electrons. The second-order valence-electron chi connectivity index (χ2n) is 14.5. The topological polar surface area (TPSA) is 157 Å². The predicted molar refractivity (Wildman–Crippen MR) is 166 cm³/mol. The minimum atomic E-state index is -0.999. The number of urea groups is 1. The van der Waals surface area contributed by atoms with Crippen molar-refractivity contribution < 1.29 is 28.8 Å². The Balaban J connectivity index is 1.70. The summed E-state index contributed by atoms with van der Waals surface area (Å²) in [6.45, 7) is 14.5. The summed E-state index contributed by atoms with van der Waals surface area (Å²) in [7, 11) is 0. The number of hydrogen-bond donors (Lipinski definition) is 4. The van der Waals surface area contributed by atoms with Gasteiger partial charge in [-0.3, -0.25) is 24.0 Å². The lowest BCUT2D eigenvalue weighted by atomic mass is 9.85. The van der Waals surface area contributed by atoms with Gasteiger partial charge in [0.25, 0.3) is 5.91 Å². The number of nitrogens with one attached hydrogen (secondary N) is 4. The fourth-order valence-electron chi connectivity index (χ4n) is 5.39. The standard InChI is InChI=1S/C32H52N6O6/c1-8-12-21(25(40)28(42)33-20-15-16-20)34-27(41)22-13-11-18-38(22)29(43)26(32(5,6)7)36-30(44)35-23(31(2,3)4)19-37-17-10-9-14-24(37)39/h11,13,20-23,26H,8-10,12,14-19H2,1-7H3,(H,33,42)(H,34,41)(H2,35,36,44)/t21?,22-,23+,26+/m0/s1. The zero-order valence-corrected chi connectivity index (χ0v) is 27.5. The molecule has 1 saturated heterocycles. The number of piperidine rings is 1. The van der Waals surface area contributed by atoms with E-state index in [0.29, 0.717) is 25.9 Å². The van der Waals surface area contributed by atoms with E-state index in [9.17, 15) is 28.8 Å². The van der Waals surface area contributed by atoms with Gasteiger partial charge in [-0.2, -0.15) is 0 Å². The second-order valence-corrected chi connectivity index (χ2v) is 14.5. The van der Waals surface area contributed by atoms with Gasteiger partial charge in [-0.15, -0.1) is 0 Å². The first-order chi connectivity index (χ1) is 20.5. The van der Waals surface area contributed by atoms with Crippen molar-refractivity contribution in [1.29, 1.82) is 0 Å². The molecule has 44 heavy (non-hydrogen) atoms. The molecule has 6 amide bonds. The van der Waals surface area contributed by atoms with Gasteiger partial charge in [0, 0.05) is 32.1 Å². The van der Waals surface area contributed by atoms with E-state index in [-0.39, 0.29) is 36.4 Å². The van der Waals surface area contributed by atoms with E-state index in [1.54, 1.807) is 17.1 Å². The summed E-state index contributed by atoms with van der Waals surface area (Å²) < 4.78 is 0. The quantitative estimate of drug-likeness (QED) is 0.194. The van der Waals surface area contributed by atoms with E-state index in [1.165, 1.54) is 4.90 Å². The van der Waals surface area contributed by atoms with Crippen LogP contribution >= 0.6 is 0 Å². The Bertz CT molecular complexity index is 1140. The summed E-state index contributed by atoms with van der Waals surface area (Å²) in [5.41, 5.74) is -1.07. The number of amides is 6. The third-order valence-electron chi connectivity index (χ3n) is 8.42. The van der Waals surface area contributed by atoms with Crippen molar-refractivity contribution in [2.75, 3.05) is 19.6 Å². The highest BCUT2D eigenvalue weighted by Gasteiger charge is 2.42. The molecule has 1 aliphatic carbocycles. The van der Waals surface area contributed by atoms with Crippen molar-refractivity contribution in [2.45, 2.75) is 124 Å². The molecular formula is C32H52N6O6. The van der Waals surface area contributed by atoms with Gasteiger partial charge in [0.1, 0.15) is 12.1 Å². The largest absolute Gasteiger partial charge is 0.347 e. The van der Waals surface area contributed by atoms with Crippen LogP contribution in [0, 0.1) is 10.8 Å². The van der Waals surface area contributed by atoms with Gasteiger partial charge in [-0.05, 0) is 42.9 Å². The summed E-state index contributed by atoms with van der Waals surface area (Å²) >= 11 is 0. The minimum absolute atomic E-state index is 0.0141. The van der Waals surface area contributed by atoms with E-state index in [0.717, 1.165) is 25.7 Å². The molecule has 0 aromatic rings. The van der Waals surface area contributed by atoms with E-state index in [2.05, 4.69) is 21.3 Å². The molecule has 0 aromatic heterocycles. The normalized spacial score (nSPS) is 20.9. The fraction of sp³-hybridized carbons (Fsp3) is 0.750. The molecule has 4 N–H and O–H groups in total. The van der Waals surface area contributed by atoms with Gasteiger partial charge in [-0.1, -0.05) is 67.0 Å². The highest BCUT2D eigenvalue weighted by Crippen LogP contribution is 2.26. The zero-order chi connectivity index (χ0) is 32.8. The first kappa shape index (κ1) is 35.0. The molecule has 0 aromatic carbocycles. The Hall–Kier alpha value is -3.44. The Morgan fingerprint density at radius 2 is 1.64 bits per heavy atom. The Labute approximate surface area is 261 Å². The van der Waals surface area contributed by atoms with Crippen LogP contribution in [0.5, 0.6) is 0 Å². The van der Waals surface area contributed by atoms with Crippen LogP contribution in [0.3, 0.4) is 0 Å². The second kappa shape index (κ2) is 14.6. The van der Waals surface area contributed by atoms with E-state index < -0.39 is 53.1 Å². The maximum absolute atomic E-state index is 13.9. The van der Waals surface area contributed by atoms with E-state index in [1.807, 2.05) is 48.5 Å². The summed E-state index contributed by atoms with van der Waals surface area (Å²) in [5.74, 6) is -2.33. The van der Waals surface area contributed by atoms with Crippen LogP contribution in [0.25, 0.3) is 0 Å². The molecule has 2 fully saturated rings. The van der Waals surface area contributed by atoms with Gasteiger partial charge in [0.2, 0.25) is 23.5 Å². The highest BCUT2D eigenvalue weighted by atomic mass is 16.2. The Morgan fingerprint density at radius 3 is 2.20 bits per heavy atom. The van der Waals surface area contributed by atoms with Crippen molar-refractivity contribution in [3.05, 3.63) is 12.2 Å². The molecule has 246 valence electrons. The molecular weight excluding hydrogens is 564 g/mol. The van der Waals surface area contributed by atoms with Crippen LogP contribution in [0.4, 0.5) is 4.79 Å². The van der Waals surface area contributed by atoms with Crippen LogP contribution < -0.4 is 21.3 Å². The van der Waals surface area contributed by atoms with E-state index in [4.69, 9.17) is 0 Å². The molecule has 0 spiro atoms. The molecule has 3 rings (SSSR count).